The topological polar surface area (TPSA) is 388 Å². The van der Waals surface area contributed by atoms with Gasteiger partial charge in [0.1, 0.15) is 60.1 Å². The second kappa shape index (κ2) is 26.1. The van der Waals surface area contributed by atoms with Gasteiger partial charge in [-0.05, 0) is 56.2 Å². The zero-order chi connectivity index (χ0) is 49.3. The van der Waals surface area contributed by atoms with E-state index in [0.717, 1.165) is 0 Å². The normalized spacial score (nSPS) is 18.2. The number of benzene rings is 1. The second-order valence-corrected chi connectivity index (χ2v) is 16.3. The average molecular weight is 924 g/mol. The molecular formula is C41H65N9O15. The van der Waals surface area contributed by atoms with Gasteiger partial charge < -0.3 is 78.5 Å². The number of amides is 8. The fraction of sp³-hybridized carbons (Fsp3) is 0.634. The number of carbonyl (C=O) groups is 9. The zero-order valence-corrected chi connectivity index (χ0v) is 37.3. The molecule has 1 aliphatic heterocycles. The Hall–Kier alpha value is -5.95. The van der Waals surface area contributed by atoms with Crippen LogP contribution in [0.3, 0.4) is 0 Å². The number of rotatable bonds is 25. The molecule has 2 rings (SSSR count). The Balaban J connectivity index is 2.23. The van der Waals surface area contributed by atoms with E-state index < -0.39 is 145 Å². The fourth-order valence-electron chi connectivity index (χ4n) is 6.63. The first-order valence-corrected chi connectivity index (χ1v) is 21.2. The maximum Gasteiger partial charge on any atom is 0.326 e. The Kier molecular flexibility index (Phi) is 22.2. The molecule has 11 atom stereocenters. The smallest absolute Gasteiger partial charge is 0.326 e. The highest BCUT2D eigenvalue weighted by Gasteiger charge is 2.41. The summed E-state index contributed by atoms with van der Waals surface area (Å²) in [6, 6.07) is -7.31. The predicted octanol–water partition coefficient (Wildman–Crippen LogP) is -5.19. The summed E-state index contributed by atoms with van der Waals surface area (Å²) < 4.78 is 0. The molecule has 0 aliphatic carbocycles. The number of hydrogen-bond acceptors (Lipinski definition) is 15. The summed E-state index contributed by atoms with van der Waals surface area (Å²) in [5, 5.41) is 75.3. The van der Waals surface area contributed by atoms with E-state index in [4.69, 9.17) is 10.8 Å². The van der Waals surface area contributed by atoms with E-state index in [9.17, 15) is 68.7 Å². The molecule has 0 radical (unpaired) electrons. The molecular weight excluding hydrogens is 858 g/mol. The van der Waals surface area contributed by atoms with Crippen molar-refractivity contribution >= 4 is 53.2 Å². The van der Waals surface area contributed by atoms with Gasteiger partial charge >= 0.3 is 5.97 Å². The van der Waals surface area contributed by atoms with Gasteiger partial charge in [0.15, 0.2) is 0 Å². The lowest BCUT2D eigenvalue weighted by molar-refractivity contribution is -0.146. The molecule has 364 valence electrons. The number of aromatic hydroxyl groups is 1. The van der Waals surface area contributed by atoms with Crippen molar-refractivity contribution in [3.63, 3.8) is 0 Å². The standard InChI is InChI=1S/C41H65N9O15/c1-7-20(4)31(41(64)65)48-37(60)29-9-8-14-50(29)40(63)26(15-23-10-12-24(55)13-11-23)44-39(62)32(22(6)54)49-33(56)21(5)43-35(58)27(17-52)46-38(61)30(19(2)3)47-36(59)28(18-53)45-34(57)25(42)16-51/h10-13,19-22,25-32,51-55H,7-9,14-18,42H2,1-6H3,(H,43,58)(H,44,62)(H,45,57)(H,46,61)(H,47,59)(H,48,60)(H,49,56)(H,64,65)/t20-,21-,22+,25-,26-,27-,28-,29-,30-,31-,32-/m0/s1. The maximum atomic E-state index is 14.2. The summed E-state index contributed by atoms with van der Waals surface area (Å²) in [7, 11) is 0. The van der Waals surface area contributed by atoms with Gasteiger partial charge in [-0.25, -0.2) is 4.79 Å². The summed E-state index contributed by atoms with van der Waals surface area (Å²) >= 11 is 0. The van der Waals surface area contributed by atoms with Gasteiger partial charge in [0.2, 0.25) is 47.3 Å². The number of aliphatic hydroxyl groups is 4. The highest BCUT2D eigenvalue weighted by atomic mass is 16.4. The molecule has 15 N–H and O–H groups in total. The van der Waals surface area contributed by atoms with Gasteiger partial charge in [-0.15, -0.1) is 0 Å². The van der Waals surface area contributed by atoms with Crippen LogP contribution in [0, 0.1) is 11.8 Å². The Morgan fingerprint density at radius 1 is 0.677 bits per heavy atom. The van der Waals surface area contributed by atoms with E-state index in [1.54, 1.807) is 13.8 Å². The van der Waals surface area contributed by atoms with Crippen LogP contribution >= 0.6 is 0 Å². The summed E-state index contributed by atoms with van der Waals surface area (Å²) in [4.78, 5) is 119. The summed E-state index contributed by atoms with van der Waals surface area (Å²) in [5.41, 5.74) is 5.90. The van der Waals surface area contributed by atoms with Gasteiger partial charge in [0.25, 0.3) is 0 Å². The number of carboxylic acids is 1. The molecule has 1 aromatic rings. The first-order valence-electron chi connectivity index (χ1n) is 21.2. The summed E-state index contributed by atoms with van der Waals surface area (Å²) in [6.07, 6.45) is -0.748. The first-order chi connectivity index (χ1) is 30.5. The number of aliphatic hydroxyl groups excluding tert-OH is 4. The monoisotopic (exact) mass is 923 g/mol. The van der Waals surface area contributed by atoms with E-state index in [1.165, 1.54) is 56.9 Å². The number of nitrogens with one attached hydrogen (secondary N) is 7. The Morgan fingerprint density at radius 2 is 1.20 bits per heavy atom. The van der Waals surface area contributed by atoms with Crippen molar-refractivity contribution in [1.29, 1.82) is 0 Å². The zero-order valence-electron chi connectivity index (χ0n) is 37.3. The number of aliphatic carboxylic acids is 1. The quantitative estimate of drug-likeness (QED) is 0.0436. The van der Waals surface area contributed by atoms with Gasteiger partial charge in [-0.1, -0.05) is 46.2 Å². The molecule has 1 aliphatic rings. The van der Waals surface area contributed by atoms with Crippen molar-refractivity contribution in [2.45, 2.75) is 128 Å². The number of hydrogen-bond donors (Lipinski definition) is 14. The van der Waals surface area contributed by atoms with E-state index in [1.807, 2.05) is 0 Å². The molecule has 8 amide bonds. The number of carboxylic acid groups (broad SMARTS) is 1. The number of carbonyl (C=O) groups excluding carboxylic acids is 8. The predicted molar refractivity (Wildman–Crippen MR) is 229 cm³/mol. The van der Waals surface area contributed by atoms with Crippen LogP contribution in [0.1, 0.15) is 66.4 Å². The SMILES string of the molecule is CC[C@H](C)[C@H](NC(=O)[C@@H]1CCCN1C(=O)[C@H](Cc1ccc(O)cc1)NC(=O)[C@@H](NC(=O)[C@H](C)NC(=O)[C@H](CO)NC(=O)[C@@H](NC(=O)[C@H](CO)NC(=O)[C@@H](N)CO)C(C)C)[C@@H](C)O)C(=O)O. The first kappa shape index (κ1) is 55.2. The summed E-state index contributed by atoms with van der Waals surface area (Å²) in [5.74, 6) is -9.94. The Bertz CT molecular complexity index is 1830. The largest absolute Gasteiger partial charge is 0.508 e. The average Bonchev–Trinajstić information content (AvgIpc) is 3.76. The highest BCUT2D eigenvalue weighted by Crippen LogP contribution is 2.22. The third-order valence-corrected chi connectivity index (χ3v) is 10.8. The van der Waals surface area contributed by atoms with Gasteiger partial charge in [-0.2, -0.15) is 0 Å². The van der Waals surface area contributed by atoms with Crippen LogP contribution in [-0.4, -0.2) is 176 Å². The van der Waals surface area contributed by atoms with Gasteiger partial charge in [0, 0.05) is 13.0 Å². The molecule has 0 aromatic heterocycles. The molecule has 0 saturated carbocycles. The fourth-order valence-corrected chi connectivity index (χ4v) is 6.63. The van der Waals surface area contributed by atoms with Crippen molar-refractivity contribution in [1.82, 2.24) is 42.1 Å². The lowest BCUT2D eigenvalue weighted by Crippen LogP contribution is -2.62. The Labute approximate surface area is 375 Å². The molecule has 1 aromatic carbocycles. The summed E-state index contributed by atoms with van der Waals surface area (Å²) in [6.45, 7) is 6.26. The number of likely N-dealkylation sites (tertiary alicyclic amines) is 1. The van der Waals surface area contributed by atoms with E-state index in [-0.39, 0.29) is 25.1 Å². The molecule has 1 fully saturated rings. The number of phenolic OH excluding ortho intramolecular Hbond substituents is 1. The van der Waals surface area contributed by atoms with Crippen LogP contribution < -0.4 is 43.0 Å². The minimum Gasteiger partial charge on any atom is -0.508 e. The lowest BCUT2D eigenvalue weighted by Gasteiger charge is -2.31. The third-order valence-electron chi connectivity index (χ3n) is 10.8. The van der Waals surface area contributed by atoms with Crippen molar-refractivity contribution in [3.05, 3.63) is 29.8 Å². The van der Waals surface area contributed by atoms with Crippen molar-refractivity contribution in [2.75, 3.05) is 26.4 Å². The van der Waals surface area contributed by atoms with E-state index >= 15 is 0 Å². The highest BCUT2D eigenvalue weighted by molar-refractivity contribution is 5.98. The number of phenols is 1. The van der Waals surface area contributed by atoms with Gasteiger partial charge in [-0.3, -0.25) is 38.4 Å². The van der Waals surface area contributed by atoms with Crippen LogP contribution in [0.5, 0.6) is 5.75 Å². The molecule has 0 unspecified atom stereocenters. The number of nitrogens with zero attached hydrogens (tertiary/aromatic N) is 1. The lowest BCUT2D eigenvalue weighted by atomic mass is 9.98. The van der Waals surface area contributed by atoms with Crippen LogP contribution in [-0.2, 0) is 49.6 Å². The minimum atomic E-state index is -1.74. The molecule has 0 bridgehead atoms. The van der Waals surface area contributed by atoms with Crippen molar-refractivity contribution < 1.29 is 73.8 Å². The molecule has 0 spiro atoms. The van der Waals surface area contributed by atoms with E-state index in [2.05, 4.69) is 37.2 Å². The molecule has 1 heterocycles. The molecule has 65 heavy (non-hydrogen) atoms. The molecule has 24 nitrogen and oxygen atoms in total. The number of nitrogens with two attached hydrogens (primary N) is 1. The van der Waals surface area contributed by atoms with Gasteiger partial charge in [0.05, 0.1) is 25.9 Å². The molecule has 24 heteroatoms. The second-order valence-electron chi connectivity index (χ2n) is 16.3. The van der Waals surface area contributed by atoms with Crippen LogP contribution in [0.15, 0.2) is 24.3 Å². The molecule has 1 saturated heterocycles. The Morgan fingerprint density at radius 3 is 1.71 bits per heavy atom. The third kappa shape index (κ3) is 16.2. The van der Waals surface area contributed by atoms with Crippen molar-refractivity contribution in [2.24, 2.45) is 17.6 Å². The maximum absolute atomic E-state index is 14.2. The van der Waals surface area contributed by atoms with Crippen molar-refractivity contribution in [3.8, 4) is 5.75 Å². The van der Waals surface area contributed by atoms with Crippen LogP contribution in [0.2, 0.25) is 0 Å². The van der Waals surface area contributed by atoms with Crippen LogP contribution in [0.4, 0.5) is 0 Å². The minimum absolute atomic E-state index is 0.0805. The van der Waals surface area contributed by atoms with E-state index in [0.29, 0.717) is 18.4 Å². The van der Waals surface area contributed by atoms with Crippen LogP contribution in [0.25, 0.3) is 0 Å².